The molecule has 0 saturated heterocycles. The number of sulfone groups is 1. The number of alkyl halides is 1. The van der Waals surface area contributed by atoms with Crippen molar-refractivity contribution in [1.82, 2.24) is 0 Å². The van der Waals surface area contributed by atoms with Crippen molar-refractivity contribution in [3.05, 3.63) is 59.7 Å². The highest BCUT2D eigenvalue weighted by Gasteiger charge is 2.24. The molecule has 0 amide bonds. The summed E-state index contributed by atoms with van der Waals surface area (Å²) in [5.41, 5.74) is 2.13. The van der Waals surface area contributed by atoms with E-state index >= 15 is 0 Å². The van der Waals surface area contributed by atoms with Crippen molar-refractivity contribution in [3.63, 3.8) is 0 Å². The highest BCUT2D eigenvalue weighted by molar-refractivity contribution is 14.1. The predicted molar refractivity (Wildman–Crippen MR) is 144 cm³/mol. The third-order valence-corrected chi connectivity index (χ3v) is 8.29. The average Bonchev–Trinajstić information content (AvgIpc) is 2.81. The summed E-state index contributed by atoms with van der Waals surface area (Å²) in [5, 5.41) is 0. The van der Waals surface area contributed by atoms with E-state index in [1.165, 1.54) is 5.56 Å². The second-order valence-electron chi connectivity index (χ2n) is 8.55. The number of hydrogen-bond donors (Lipinski definition) is 0. The fourth-order valence-electron chi connectivity index (χ4n) is 3.37. The monoisotopic (exact) mass is 608 g/mol. The van der Waals surface area contributed by atoms with Crippen molar-refractivity contribution >= 4 is 44.4 Å². The van der Waals surface area contributed by atoms with E-state index in [4.69, 9.17) is 24.1 Å². The van der Waals surface area contributed by atoms with Gasteiger partial charge in [-0.1, -0.05) is 51.5 Å². The maximum Gasteiger partial charge on any atom is 0.153 e. The summed E-state index contributed by atoms with van der Waals surface area (Å²) in [6, 6.07) is 16.1. The Morgan fingerprint density at radius 1 is 0.939 bits per heavy atom. The molecule has 5 nitrogen and oxygen atoms in total. The molecule has 0 bridgehead atoms. The van der Waals surface area contributed by atoms with Gasteiger partial charge in [0.15, 0.2) is 9.84 Å². The first-order chi connectivity index (χ1) is 15.7. The number of benzene rings is 2. The van der Waals surface area contributed by atoms with Crippen molar-refractivity contribution in [3.8, 4) is 11.5 Å². The zero-order valence-electron chi connectivity index (χ0n) is 19.6. The van der Waals surface area contributed by atoms with Gasteiger partial charge in [-0.3, -0.25) is 0 Å². The lowest BCUT2D eigenvalue weighted by molar-refractivity contribution is 0.188. The minimum Gasteiger partial charge on any atom is -0.494 e. The third kappa shape index (κ3) is 9.26. The van der Waals surface area contributed by atoms with Gasteiger partial charge in [-0.15, -0.1) is 11.6 Å². The van der Waals surface area contributed by atoms with Gasteiger partial charge in [0, 0.05) is 11.3 Å². The molecule has 8 heteroatoms. The van der Waals surface area contributed by atoms with Crippen LogP contribution < -0.4 is 9.47 Å². The van der Waals surface area contributed by atoms with Gasteiger partial charge >= 0.3 is 0 Å². The van der Waals surface area contributed by atoms with E-state index in [0.29, 0.717) is 24.7 Å². The standard InChI is InChI=1S/C25H34ClIO5S/c1-4-5-17-33(28,29)19-24(32-27)18-31-23-13-9-21(10-14-23)25(2,3)20-7-11-22(12-8-20)30-16-6-15-26/h7-14,24H,4-6,15-19H2,1-3H3/t24-/m0/s1. The van der Waals surface area contributed by atoms with Gasteiger partial charge in [0.25, 0.3) is 0 Å². The molecule has 2 rings (SSSR count). The van der Waals surface area contributed by atoms with Crippen molar-refractivity contribution in [2.24, 2.45) is 0 Å². The Morgan fingerprint density at radius 3 is 1.97 bits per heavy atom. The van der Waals surface area contributed by atoms with Crippen molar-refractivity contribution in [2.45, 2.75) is 51.6 Å². The highest BCUT2D eigenvalue weighted by Crippen LogP contribution is 2.33. The van der Waals surface area contributed by atoms with Gasteiger partial charge in [-0.05, 0) is 48.2 Å². The first-order valence-corrected chi connectivity index (χ1v) is 14.5. The maximum atomic E-state index is 12.2. The molecule has 1 atom stereocenters. The highest BCUT2D eigenvalue weighted by atomic mass is 127. The maximum absolute atomic E-state index is 12.2. The minimum atomic E-state index is -3.15. The molecular weight excluding hydrogens is 575 g/mol. The van der Waals surface area contributed by atoms with Crippen LogP contribution in [-0.4, -0.2) is 45.1 Å². The van der Waals surface area contributed by atoms with Crippen LogP contribution in [0.2, 0.25) is 0 Å². The first kappa shape index (κ1) is 28.2. The minimum absolute atomic E-state index is 0.0351. The molecule has 0 heterocycles. The van der Waals surface area contributed by atoms with Gasteiger partial charge in [0.1, 0.15) is 47.2 Å². The van der Waals surface area contributed by atoms with Crippen molar-refractivity contribution in [1.29, 1.82) is 0 Å². The van der Waals surface area contributed by atoms with Crippen LogP contribution in [0.3, 0.4) is 0 Å². The lowest BCUT2D eigenvalue weighted by atomic mass is 9.78. The van der Waals surface area contributed by atoms with Crippen LogP contribution in [0, 0.1) is 0 Å². The summed E-state index contributed by atoms with van der Waals surface area (Å²) in [6.45, 7) is 7.12. The number of unbranched alkanes of at least 4 members (excludes halogenated alkanes) is 1. The Hall–Kier alpha value is -1.03. The molecule has 0 aliphatic heterocycles. The van der Waals surface area contributed by atoms with Crippen LogP contribution in [-0.2, 0) is 18.3 Å². The number of rotatable bonds is 15. The van der Waals surface area contributed by atoms with Crippen LogP contribution in [0.5, 0.6) is 11.5 Å². The molecule has 0 aromatic heterocycles. The zero-order valence-corrected chi connectivity index (χ0v) is 23.3. The van der Waals surface area contributed by atoms with Crippen LogP contribution in [0.15, 0.2) is 48.5 Å². The summed E-state index contributed by atoms with van der Waals surface area (Å²) >= 11 is 7.44. The Kier molecular flexibility index (Phi) is 11.8. The van der Waals surface area contributed by atoms with Gasteiger partial charge in [0.05, 0.1) is 18.1 Å². The lowest BCUT2D eigenvalue weighted by Crippen LogP contribution is -2.29. The molecule has 0 fully saturated rings. The van der Waals surface area contributed by atoms with E-state index in [-0.39, 0.29) is 23.5 Å². The van der Waals surface area contributed by atoms with Gasteiger partial charge in [-0.25, -0.2) is 8.42 Å². The van der Waals surface area contributed by atoms with E-state index in [1.807, 2.05) is 43.3 Å². The van der Waals surface area contributed by atoms with Crippen LogP contribution in [0.4, 0.5) is 0 Å². The normalized spacial score (nSPS) is 13.0. The molecular formula is C25H34ClIO5S. The van der Waals surface area contributed by atoms with Gasteiger partial charge in [-0.2, -0.15) is 0 Å². The van der Waals surface area contributed by atoms with Crippen LogP contribution in [0.25, 0.3) is 0 Å². The molecule has 0 radical (unpaired) electrons. The van der Waals surface area contributed by atoms with E-state index in [2.05, 4.69) is 26.0 Å². The van der Waals surface area contributed by atoms with Crippen molar-refractivity contribution in [2.75, 3.05) is 30.6 Å². The SMILES string of the molecule is CCCCS(=O)(=O)C[C@H](COc1ccc(C(C)(C)c2ccc(OCCCCl)cc2)cc1)OI. The zero-order chi connectivity index (χ0) is 24.3. The topological polar surface area (TPSA) is 61.8 Å². The van der Waals surface area contributed by atoms with Gasteiger partial charge in [0.2, 0.25) is 0 Å². The molecule has 2 aromatic carbocycles. The second-order valence-corrected chi connectivity index (χ2v) is 11.7. The van der Waals surface area contributed by atoms with Crippen LogP contribution in [0.1, 0.15) is 51.2 Å². The number of hydrogen-bond acceptors (Lipinski definition) is 5. The molecule has 0 N–H and O–H groups in total. The van der Waals surface area contributed by atoms with Crippen molar-refractivity contribution < 1.29 is 21.0 Å². The second kappa shape index (κ2) is 13.8. The Labute approximate surface area is 217 Å². The van der Waals surface area contributed by atoms with E-state index in [0.717, 1.165) is 24.2 Å². The smallest absolute Gasteiger partial charge is 0.153 e. The first-order valence-electron chi connectivity index (χ1n) is 11.2. The van der Waals surface area contributed by atoms with Crippen LogP contribution >= 0.6 is 34.6 Å². The summed E-state index contributed by atoms with van der Waals surface area (Å²) in [7, 11) is -3.15. The molecule has 0 unspecified atom stereocenters. The molecule has 0 spiro atoms. The average molecular weight is 609 g/mol. The molecule has 33 heavy (non-hydrogen) atoms. The fourth-order valence-corrected chi connectivity index (χ4v) is 5.67. The largest absolute Gasteiger partial charge is 0.494 e. The Balaban J connectivity index is 1.97. The third-order valence-electron chi connectivity index (χ3n) is 5.51. The number of ether oxygens (including phenoxy) is 2. The van der Waals surface area contributed by atoms with E-state index in [9.17, 15) is 8.42 Å². The van der Waals surface area contributed by atoms with E-state index < -0.39 is 15.9 Å². The Morgan fingerprint density at radius 2 is 1.48 bits per heavy atom. The fraction of sp³-hybridized carbons (Fsp3) is 0.520. The van der Waals surface area contributed by atoms with E-state index in [1.54, 1.807) is 23.0 Å². The summed E-state index contributed by atoms with van der Waals surface area (Å²) in [4.78, 5) is 0. The quantitative estimate of drug-likeness (QED) is 0.134. The summed E-state index contributed by atoms with van der Waals surface area (Å²) in [6.07, 6.45) is 1.83. The molecule has 2 aromatic rings. The number of halogens is 2. The predicted octanol–water partition coefficient (Wildman–Crippen LogP) is 6.35. The molecule has 0 saturated carbocycles. The molecule has 0 aliphatic carbocycles. The summed E-state index contributed by atoms with van der Waals surface area (Å²) < 4.78 is 41.2. The summed E-state index contributed by atoms with van der Waals surface area (Å²) in [5.74, 6) is 2.26. The molecule has 0 aliphatic rings. The molecule has 184 valence electrons. The van der Waals surface area contributed by atoms with Gasteiger partial charge < -0.3 is 12.5 Å². The lowest BCUT2D eigenvalue weighted by Gasteiger charge is -2.26. The Bertz CT molecular complexity index is 930.